The lowest BCUT2D eigenvalue weighted by molar-refractivity contribution is 0.112. The predicted molar refractivity (Wildman–Crippen MR) is 69.9 cm³/mol. The monoisotopic (exact) mass is 263 g/mol. The van der Waals surface area contributed by atoms with E-state index in [0.29, 0.717) is 10.6 Å². The van der Waals surface area contributed by atoms with Crippen molar-refractivity contribution in [2.75, 3.05) is 0 Å². The minimum absolute atomic E-state index is 0.595. The van der Waals surface area contributed by atoms with Gasteiger partial charge in [0.2, 0.25) is 0 Å². The Morgan fingerprint density at radius 2 is 2.18 bits per heavy atom. The van der Waals surface area contributed by atoms with E-state index in [-0.39, 0.29) is 0 Å². The number of pyridine rings is 1. The number of carbonyl (C=O) groups excluding carboxylic acids is 1. The zero-order valence-corrected chi connectivity index (χ0v) is 10.8. The van der Waals surface area contributed by atoms with E-state index in [4.69, 9.17) is 11.6 Å². The molecule has 0 unspecified atom stereocenters. The molecule has 0 aliphatic rings. The maximum absolute atomic E-state index is 10.6. The molecular formula is C13H10ClNOS. The molecule has 0 amide bonds. The van der Waals surface area contributed by atoms with E-state index in [1.165, 1.54) is 11.8 Å². The quantitative estimate of drug-likeness (QED) is 0.784. The van der Waals surface area contributed by atoms with Crippen LogP contribution in [0.25, 0.3) is 0 Å². The van der Waals surface area contributed by atoms with Crippen LogP contribution in [0.3, 0.4) is 0 Å². The molecule has 0 atom stereocenters. The van der Waals surface area contributed by atoms with Gasteiger partial charge in [-0.3, -0.25) is 4.79 Å². The van der Waals surface area contributed by atoms with E-state index in [1.54, 1.807) is 6.20 Å². The highest BCUT2D eigenvalue weighted by atomic mass is 35.5. The van der Waals surface area contributed by atoms with Crippen molar-refractivity contribution in [1.82, 2.24) is 4.98 Å². The molecule has 0 aliphatic carbocycles. The van der Waals surface area contributed by atoms with Gasteiger partial charge < -0.3 is 0 Å². The number of aromatic nitrogens is 1. The summed E-state index contributed by atoms with van der Waals surface area (Å²) in [5.74, 6) is 0. The first-order valence-corrected chi connectivity index (χ1v) is 6.24. The number of benzene rings is 1. The van der Waals surface area contributed by atoms with Crippen LogP contribution >= 0.6 is 23.4 Å². The number of hydrogen-bond acceptors (Lipinski definition) is 3. The van der Waals surface area contributed by atoms with Gasteiger partial charge in [-0.15, -0.1) is 0 Å². The highest BCUT2D eigenvalue weighted by Gasteiger charge is 2.04. The van der Waals surface area contributed by atoms with Crippen LogP contribution in [0.5, 0.6) is 0 Å². The number of carbonyl (C=O) groups is 1. The van der Waals surface area contributed by atoms with Crippen molar-refractivity contribution in [2.24, 2.45) is 0 Å². The Hall–Kier alpha value is -1.32. The lowest BCUT2D eigenvalue weighted by Crippen LogP contribution is -1.89. The molecule has 0 bridgehead atoms. The van der Waals surface area contributed by atoms with Crippen LogP contribution in [0, 0.1) is 6.92 Å². The van der Waals surface area contributed by atoms with Gasteiger partial charge in [-0.25, -0.2) is 4.98 Å². The second-order valence-electron chi connectivity index (χ2n) is 3.57. The van der Waals surface area contributed by atoms with Crippen molar-refractivity contribution in [3.05, 3.63) is 52.7 Å². The third-order valence-corrected chi connectivity index (χ3v) is 3.54. The second-order valence-corrected chi connectivity index (χ2v) is 5.07. The molecule has 17 heavy (non-hydrogen) atoms. The number of hydrogen-bond donors (Lipinski definition) is 0. The van der Waals surface area contributed by atoms with Crippen molar-refractivity contribution in [2.45, 2.75) is 16.8 Å². The van der Waals surface area contributed by atoms with Gasteiger partial charge in [0, 0.05) is 21.7 Å². The SMILES string of the molecule is Cc1cc(C=O)cnc1Sc1cccc(Cl)c1. The van der Waals surface area contributed by atoms with Crippen LogP contribution < -0.4 is 0 Å². The molecule has 1 aromatic carbocycles. The van der Waals surface area contributed by atoms with Crippen molar-refractivity contribution in [3.8, 4) is 0 Å². The molecule has 0 saturated carbocycles. The summed E-state index contributed by atoms with van der Waals surface area (Å²) in [6, 6.07) is 9.43. The first-order valence-electron chi connectivity index (χ1n) is 5.04. The maximum Gasteiger partial charge on any atom is 0.151 e. The van der Waals surface area contributed by atoms with Crippen molar-refractivity contribution >= 4 is 29.6 Å². The first-order chi connectivity index (χ1) is 8.19. The molecule has 2 nitrogen and oxygen atoms in total. The number of aldehydes is 1. The van der Waals surface area contributed by atoms with Crippen LogP contribution in [-0.2, 0) is 0 Å². The largest absolute Gasteiger partial charge is 0.298 e. The fourth-order valence-corrected chi connectivity index (χ4v) is 2.53. The van der Waals surface area contributed by atoms with E-state index in [1.807, 2.05) is 37.3 Å². The number of aryl methyl sites for hydroxylation is 1. The summed E-state index contributed by atoms with van der Waals surface area (Å²) < 4.78 is 0. The molecule has 2 aromatic rings. The Labute approximate surface area is 109 Å². The molecule has 0 aliphatic heterocycles. The number of rotatable bonds is 3. The second kappa shape index (κ2) is 5.34. The van der Waals surface area contributed by atoms with Crippen molar-refractivity contribution in [1.29, 1.82) is 0 Å². The zero-order chi connectivity index (χ0) is 12.3. The summed E-state index contributed by atoms with van der Waals surface area (Å²) >= 11 is 7.45. The van der Waals surface area contributed by atoms with Crippen molar-refractivity contribution < 1.29 is 4.79 Å². The minimum atomic E-state index is 0.595. The van der Waals surface area contributed by atoms with Gasteiger partial charge in [-0.05, 0) is 36.8 Å². The van der Waals surface area contributed by atoms with Crippen molar-refractivity contribution in [3.63, 3.8) is 0 Å². The van der Waals surface area contributed by atoms with Crippen LogP contribution in [0.1, 0.15) is 15.9 Å². The molecule has 2 rings (SSSR count). The smallest absolute Gasteiger partial charge is 0.151 e. The summed E-state index contributed by atoms with van der Waals surface area (Å²) in [6.45, 7) is 1.94. The molecule has 0 saturated heterocycles. The summed E-state index contributed by atoms with van der Waals surface area (Å²) in [4.78, 5) is 15.9. The topological polar surface area (TPSA) is 30.0 Å². The molecule has 0 spiro atoms. The Kier molecular flexibility index (Phi) is 3.82. The van der Waals surface area contributed by atoms with Gasteiger partial charge >= 0.3 is 0 Å². The summed E-state index contributed by atoms with van der Waals surface area (Å²) in [5, 5.41) is 1.59. The molecule has 86 valence electrons. The third-order valence-electron chi connectivity index (χ3n) is 2.20. The number of nitrogens with zero attached hydrogens (tertiary/aromatic N) is 1. The van der Waals surface area contributed by atoms with E-state index in [9.17, 15) is 4.79 Å². The average molecular weight is 264 g/mol. The maximum atomic E-state index is 10.6. The molecule has 0 N–H and O–H groups in total. The lowest BCUT2D eigenvalue weighted by Gasteiger charge is -2.05. The van der Waals surface area contributed by atoms with E-state index < -0.39 is 0 Å². The van der Waals surface area contributed by atoms with Gasteiger partial charge in [-0.1, -0.05) is 29.4 Å². The van der Waals surface area contributed by atoms with Crippen LogP contribution in [0.2, 0.25) is 5.02 Å². The van der Waals surface area contributed by atoms with Gasteiger partial charge in [0.1, 0.15) is 5.03 Å². The Bertz CT molecular complexity index is 557. The summed E-state index contributed by atoms with van der Waals surface area (Å²) in [5.41, 5.74) is 1.58. The zero-order valence-electron chi connectivity index (χ0n) is 9.18. The summed E-state index contributed by atoms with van der Waals surface area (Å²) in [6.07, 6.45) is 2.38. The highest BCUT2D eigenvalue weighted by Crippen LogP contribution is 2.30. The van der Waals surface area contributed by atoms with Crippen LogP contribution in [0.4, 0.5) is 0 Å². The Balaban J connectivity index is 2.27. The van der Waals surface area contributed by atoms with E-state index >= 15 is 0 Å². The molecule has 1 aromatic heterocycles. The molecule has 4 heteroatoms. The van der Waals surface area contributed by atoms with Gasteiger partial charge in [0.15, 0.2) is 6.29 Å². The number of halogens is 1. The summed E-state index contributed by atoms with van der Waals surface area (Å²) in [7, 11) is 0. The van der Waals surface area contributed by atoms with Crippen LogP contribution in [-0.4, -0.2) is 11.3 Å². The van der Waals surface area contributed by atoms with E-state index in [2.05, 4.69) is 4.98 Å². The highest BCUT2D eigenvalue weighted by molar-refractivity contribution is 7.99. The van der Waals surface area contributed by atoms with E-state index in [0.717, 1.165) is 21.8 Å². The fraction of sp³-hybridized carbons (Fsp3) is 0.0769. The van der Waals surface area contributed by atoms with Gasteiger partial charge in [-0.2, -0.15) is 0 Å². The molecular weight excluding hydrogens is 254 g/mol. The Morgan fingerprint density at radius 1 is 1.35 bits per heavy atom. The minimum Gasteiger partial charge on any atom is -0.298 e. The van der Waals surface area contributed by atoms with Gasteiger partial charge in [0.25, 0.3) is 0 Å². The third kappa shape index (κ3) is 3.08. The Morgan fingerprint density at radius 3 is 2.82 bits per heavy atom. The first kappa shape index (κ1) is 12.1. The standard InChI is InChI=1S/C13H10ClNOS/c1-9-5-10(8-16)7-15-13(9)17-12-4-2-3-11(14)6-12/h2-8H,1H3. The fourth-order valence-electron chi connectivity index (χ4n) is 1.40. The molecule has 1 heterocycles. The van der Waals surface area contributed by atoms with Crippen LogP contribution in [0.15, 0.2) is 46.5 Å². The predicted octanol–water partition coefficient (Wildman–Crippen LogP) is 4.01. The molecule has 0 radical (unpaired) electrons. The lowest BCUT2D eigenvalue weighted by atomic mass is 10.2. The average Bonchev–Trinajstić information content (AvgIpc) is 2.32. The normalized spacial score (nSPS) is 10.2. The van der Waals surface area contributed by atoms with Gasteiger partial charge in [0.05, 0.1) is 0 Å². The molecule has 0 fully saturated rings.